The quantitative estimate of drug-likeness (QED) is 0.807. The molecule has 0 amide bonds. The number of hydrogen-bond donors (Lipinski definition) is 1. The number of rotatable bonds is 2. The van der Waals surface area contributed by atoms with Gasteiger partial charge in [-0.05, 0) is 30.7 Å². The second kappa shape index (κ2) is 3.58. The minimum absolute atomic E-state index is 0.167. The molecule has 0 aliphatic carbocycles. The van der Waals surface area contributed by atoms with Gasteiger partial charge in [0.15, 0.2) is 5.78 Å². The van der Waals surface area contributed by atoms with Gasteiger partial charge in [0, 0.05) is 18.0 Å². The first kappa shape index (κ1) is 9.82. The minimum Gasteiger partial charge on any atom is -0.310 e. The monoisotopic (exact) mass is 241 g/mol. The molecular formula is C11H12ClNOS. The van der Waals surface area contributed by atoms with Gasteiger partial charge in [0.25, 0.3) is 0 Å². The van der Waals surface area contributed by atoms with Crippen molar-refractivity contribution in [3.05, 3.63) is 21.3 Å². The molecule has 4 heteroatoms. The van der Waals surface area contributed by atoms with Crippen LogP contribution in [0.15, 0.2) is 11.4 Å². The number of hydrogen-bond acceptors (Lipinski definition) is 3. The molecule has 1 aromatic heterocycles. The summed E-state index contributed by atoms with van der Waals surface area (Å²) in [6.07, 6.45) is 3.37. The standard InChI is InChI=1S/C11H12ClNOS/c12-8-3-4-15-11(8)10(14)7-5-6-1-2-9(7)13-6/h3-4,6-7,9,13H,1-2,5H2. The molecule has 3 heterocycles. The zero-order valence-electron chi connectivity index (χ0n) is 8.20. The molecule has 0 aromatic carbocycles. The highest BCUT2D eigenvalue weighted by atomic mass is 35.5. The van der Waals surface area contributed by atoms with E-state index in [1.54, 1.807) is 6.07 Å². The van der Waals surface area contributed by atoms with E-state index in [0.717, 1.165) is 17.7 Å². The molecule has 0 saturated carbocycles. The average Bonchev–Trinajstić information content (AvgIpc) is 2.91. The van der Waals surface area contributed by atoms with Crippen molar-refractivity contribution in [2.45, 2.75) is 31.3 Å². The first-order valence-electron chi connectivity index (χ1n) is 5.29. The molecule has 2 saturated heterocycles. The molecule has 1 N–H and O–H groups in total. The van der Waals surface area contributed by atoms with Crippen LogP contribution in [0.25, 0.3) is 0 Å². The Morgan fingerprint density at radius 2 is 2.40 bits per heavy atom. The lowest BCUT2D eigenvalue weighted by Crippen LogP contribution is -2.28. The molecular weight excluding hydrogens is 230 g/mol. The van der Waals surface area contributed by atoms with Gasteiger partial charge >= 0.3 is 0 Å². The zero-order chi connectivity index (χ0) is 10.4. The maximum atomic E-state index is 12.2. The Kier molecular flexibility index (Phi) is 2.34. The van der Waals surface area contributed by atoms with Crippen LogP contribution in [-0.2, 0) is 0 Å². The van der Waals surface area contributed by atoms with Gasteiger partial charge in [-0.1, -0.05) is 11.6 Å². The van der Waals surface area contributed by atoms with Gasteiger partial charge in [-0.3, -0.25) is 4.79 Å². The smallest absolute Gasteiger partial charge is 0.178 e. The highest BCUT2D eigenvalue weighted by molar-refractivity contribution is 7.12. The van der Waals surface area contributed by atoms with E-state index < -0.39 is 0 Å². The number of carbonyl (C=O) groups is 1. The Bertz CT molecular complexity index is 403. The van der Waals surface area contributed by atoms with Crippen LogP contribution in [0, 0.1) is 5.92 Å². The lowest BCUT2D eigenvalue weighted by atomic mass is 9.85. The van der Waals surface area contributed by atoms with Crippen LogP contribution in [0.1, 0.15) is 28.9 Å². The molecule has 2 aliphatic rings. The first-order chi connectivity index (χ1) is 7.25. The third kappa shape index (κ3) is 1.53. The van der Waals surface area contributed by atoms with E-state index in [2.05, 4.69) is 5.32 Å². The molecule has 3 atom stereocenters. The van der Waals surface area contributed by atoms with Crippen LogP contribution in [0.3, 0.4) is 0 Å². The van der Waals surface area contributed by atoms with Gasteiger partial charge in [0.05, 0.1) is 9.90 Å². The lowest BCUT2D eigenvalue weighted by molar-refractivity contribution is 0.0905. The molecule has 15 heavy (non-hydrogen) atoms. The van der Waals surface area contributed by atoms with Gasteiger partial charge in [-0.2, -0.15) is 0 Å². The number of ketones is 1. The molecule has 2 fully saturated rings. The van der Waals surface area contributed by atoms with E-state index in [1.165, 1.54) is 17.8 Å². The first-order valence-corrected chi connectivity index (χ1v) is 6.54. The molecule has 2 aliphatic heterocycles. The number of Topliss-reactive ketones (excluding diaryl/α,β-unsaturated/α-hetero) is 1. The fraction of sp³-hybridized carbons (Fsp3) is 0.545. The highest BCUT2D eigenvalue weighted by Crippen LogP contribution is 2.37. The Morgan fingerprint density at radius 3 is 2.93 bits per heavy atom. The Balaban J connectivity index is 1.84. The third-order valence-electron chi connectivity index (χ3n) is 3.48. The van der Waals surface area contributed by atoms with E-state index in [9.17, 15) is 4.79 Å². The molecule has 3 unspecified atom stereocenters. The van der Waals surface area contributed by atoms with Crippen molar-refractivity contribution in [1.29, 1.82) is 0 Å². The van der Waals surface area contributed by atoms with Gasteiger partial charge in [-0.25, -0.2) is 0 Å². The molecule has 3 rings (SSSR count). The van der Waals surface area contributed by atoms with Crippen molar-refractivity contribution >= 4 is 28.7 Å². The summed E-state index contributed by atoms with van der Waals surface area (Å²) in [7, 11) is 0. The number of carbonyl (C=O) groups excluding carboxylic acids is 1. The van der Waals surface area contributed by atoms with Crippen LogP contribution >= 0.6 is 22.9 Å². The molecule has 2 nitrogen and oxygen atoms in total. The Morgan fingerprint density at radius 1 is 1.53 bits per heavy atom. The van der Waals surface area contributed by atoms with Gasteiger partial charge < -0.3 is 5.32 Å². The third-order valence-corrected chi connectivity index (χ3v) is 4.83. The summed E-state index contributed by atoms with van der Waals surface area (Å²) >= 11 is 7.45. The van der Waals surface area contributed by atoms with Crippen molar-refractivity contribution in [2.75, 3.05) is 0 Å². The Hall–Kier alpha value is -0.380. The summed E-state index contributed by atoms with van der Waals surface area (Å²) in [5, 5.41) is 5.98. The maximum absolute atomic E-state index is 12.2. The number of fused-ring (bicyclic) bond motifs is 2. The van der Waals surface area contributed by atoms with Crippen molar-refractivity contribution in [3.63, 3.8) is 0 Å². The summed E-state index contributed by atoms with van der Waals surface area (Å²) < 4.78 is 0. The van der Waals surface area contributed by atoms with Crippen molar-refractivity contribution < 1.29 is 4.79 Å². The van der Waals surface area contributed by atoms with Gasteiger partial charge in [-0.15, -0.1) is 11.3 Å². The normalized spacial score (nSPS) is 33.5. The van der Waals surface area contributed by atoms with E-state index in [0.29, 0.717) is 17.1 Å². The molecule has 0 radical (unpaired) electrons. The van der Waals surface area contributed by atoms with Crippen LogP contribution in [0.4, 0.5) is 0 Å². The summed E-state index contributed by atoms with van der Waals surface area (Å²) in [6, 6.07) is 2.78. The number of thiophene rings is 1. The van der Waals surface area contributed by atoms with Crippen molar-refractivity contribution in [2.24, 2.45) is 5.92 Å². The summed E-state index contributed by atoms with van der Waals surface area (Å²) in [5.74, 6) is 0.412. The summed E-state index contributed by atoms with van der Waals surface area (Å²) in [6.45, 7) is 0. The number of nitrogens with one attached hydrogen (secondary N) is 1. The summed E-state index contributed by atoms with van der Waals surface area (Å²) in [4.78, 5) is 13.0. The average molecular weight is 242 g/mol. The van der Waals surface area contributed by atoms with Crippen molar-refractivity contribution in [1.82, 2.24) is 5.32 Å². The zero-order valence-corrected chi connectivity index (χ0v) is 9.77. The highest BCUT2D eigenvalue weighted by Gasteiger charge is 2.43. The van der Waals surface area contributed by atoms with Crippen LogP contribution in [-0.4, -0.2) is 17.9 Å². The van der Waals surface area contributed by atoms with E-state index in [4.69, 9.17) is 11.6 Å². The second-order valence-corrected chi connectivity index (χ2v) is 5.67. The molecule has 2 bridgehead atoms. The minimum atomic E-state index is 0.167. The predicted octanol–water partition coefficient (Wildman–Crippen LogP) is 2.72. The van der Waals surface area contributed by atoms with Crippen LogP contribution < -0.4 is 5.32 Å². The van der Waals surface area contributed by atoms with E-state index in [-0.39, 0.29) is 11.7 Å². The maximum Gasteiger partial charge on any atom is 0.178 e. The molecule has 1 aromatic rings. The SMILES string of the molecule is O=C(c1sccc1Cl)C1CC2CCC1N2. The molecule has 80 valence electrons. The largest absolute Gasteiger partial charge is 0.310 e. The lowest BCUT2D eigenvalue weighted by Gasteiger charge is -2.17. The number of halogens is 1. The van der Waals surface area contributed by atoms with Crippen LogP contribution in [0.5, 0.6) is 0 Å². The Labute approximate surface area is 97.6 Å². The van der Waals surface area contributed by atoms with Crippen LogP contribution in [0.2, 0.25) is 5.02 Å². The fourth-order valence-corrected chi connectivity index (χ4v) is 3.90. The van der Waals surface area contributed by atoms with Gasteiger partial charge in [0.1, 0.15) is 0 Å². The van der Waals surface area contributed by atoms with Crippen molar-refractivity contribution in [3.8, 4) is 0 Å². The topological polar surface area (TPSA) is 29.1 Å². The predicted molar refractivity (Wildman–Crippen MR) is 61.7 cm³/mol. The van der Waals surface area contributed by atoms with E-state index in [1.807, 2.05) is 5.38 Å². The molecule has 0 spiro atoms. The summed E-state index contributed by atoms with van der Waals surface area (Å²) in [5.41, 5.74) is 0. The second-order valence-electron chi connectivity index (χ2n) is 4.35. The van der Waals surface area contributed by atoms with Gasteiger partial charge in [0.2, 0.25) is 0 Å². The fourth-order valence-electron chi connectivity index (χ4n) is 2.75. The van der Waals surface area contributed by atoms with E-state index >= 15 is 0 Å².